The topological polar surface area (TPSA) is 126 Å². The zero-order valence-corrected chi connectivity index (χ0v) is 20.7. The van der Waals surface area contributed by atoms with Crippen LogP contribution in [0.5, 0.6) is 5.75 Å². The summed E-state index contributed by atoms with van der Waals surface area (Å²) in [7, 11) is -4.49. The Bertz CT molecular complexity index is 1400. The van der Waals surface area contributed by atoms with Gasteiger partial charge in [-0.3, -0.25) is 14.4 Å². The number of carbonyl (C=O) groups is 3. The van der Waals surface area contributed by atoms with Crippen LogP contribution in [-0.2, 0) is 19.4 Å². The molecule has 4 rings (SSSR count). The number of benzene rings is 2. The molecular weight excluding hydrogens is 524 g/mol. The molecule has 10 nitrogen and oxygen atoms in total. The second-order valence-electron chi connectivity index (χ2n) is 8.25. The summed E-state index contributed by atoms with van der Waals surface area (Å²) in [6, 6.07) is 12.2. The van der Waals surface area contributed by atoms with Gasteiger partial charge in [-0.25, -0.2) is 17.2 Å². The molecule has 0 aliphatic carbocycles. The third-order valence-corrected chi connectivity index (χ3v) is 7.69. The number of amides is 3. The number of para-hydroxylation sites is 1. The third kappa shape index (κ3) is 5.99. The summed E-state index contributed by atoms with van der Waals surface area (Å²) in [5.41, 5.74) is 0. The number of rotatable bonds is 8. The van der Waals surface area contributed by atoms with Crippen LogP contribution in [0.2, 0.25) is 0 Å². The minimum absolute atomic E-state index is 0.0314. The molecule has 0 saturated carbocycles. The first-order valence-corrected chi connectivity index (χ1v) is 13.0. The summed E-state index contributed by atoms with van der Waals surface area (Å²) in [4.78, 5) is 40.7. The van der Waals surface area contributed by atoms with E-state index in [1.54, 1.807) is 6.07 Å². The largest absolute Gasteiger partial charge is 0.481 e. The highest BCUT2D eigenvalue weighted by Gasteiger charge is 2.40. The summed E-state index contributed by atoms with van der Waals surface area (Å²) in [6.45, 7) is -0.371. The lowest BCUT2D eigenvalue weighted by Crippen LogP contribution is -2.58. The first kappa shape index (κ1) is 26.8. The normalized spacial score (nSPS) is 14.6. The molecule has 2 heterocycles. The maximum absolute atomic E-state index is 13.7. The monoisotopic (exact) mass is 547 g/mol. The minimum atomic E-state index is -4.49. The van der Waals surface area contributed by atoms with E-state index in [1.165, 1.54) is 46.4 Å². The van der Waals surface area contributed by atoms with E-state index in [0.29, 0.717) is 0 Å². The highest BCUT2D eigenvalue weighted by atomic mass is 32.2. The van der Waals surface area contributed by atoms with Crippen LogP contribution in [0, 0.1) is 11.6 Å². The summed E-state index contributed by atoms with van der Waals surface area (Å²) >= 11 is 0. The average Bonchev–Trinajstić information content (AvgIpc) is 3.46. The first-order chi connectivity index (χ1) is 18.2. The van der Waals surface area contributed by atoms with E-state index in [-0.39, 0.29) is 42.6 Å². The van der Waals surface area contributed by atoms with Crippen LogP contribution in [0.3, 0.4) is 0 Å². The Morgan fingerprint density at radius 3 is 2.21 bits per heavy atom. The molecule has 1 aromatic heterocycles. The van der Waals surface area contributed by atoms with Crippen molar-refractivity contribution in [1.29, 1.82) is 0 Å². The number of nitrogens with zero attached hydrogens (tertiary/aromatic N) is 2. The highest BCUT2D eigenvalue weighted by molar-refractivity contribution is 7.92. The maximum Gasteiger partial charge on any atom is 0.288 e. The number of furan rings is 1. The zero-order valence-electron chi connectivity index (χ0n) is 19.9. The van der Waals surface area contributed by atoms with Crippen LogP contribution in [0.15, 0.2) is 76.2 Å². The lowest BCUT2D eigenvalue weighted by molar-refractivity contribution is -0.140. The average molecular weight is 548 g/mol. The van der Waals surface area contributed by atoms with Gasteiger partial charge in [0.25, 0.3) is 17.7 Å². The predicted molar refractivity (Wildman–Crippen MR) is 129 cm³/mol. The van der Waals surface area contributed by atoms with Gasteiger partial charge in [-0.05, 0) is 48.5 Å². The predicted octanol–water partition coefficient (Wildman–Crippen LogP) is 1.84. The van der Waals surface area contributed by atoms with Gasteiger partial charge in [0.05, 0.1) is 11.2 Å². The number of hydrogen-bond donors (Lipinski definition) is 1. The first-order valence-electron chi connectivity index (χ1n) is 11.4. The molecule has 1 aliphatic rings. The van der Waals surface area contributed by atoms with Crippen molar-refractivity contribution in [2.24, 2.45) is 0 Å². The number of hydrogen-bond acceptors (Lipinski definition) is 7. The van der Waals surface area contributed by atoms with Crippen molar-refractivity contribution in [3.63, 3.8) is 0 Å². The molecule has 200 valence electrons. The standard InChI is InChI=1S/C25H23F2N3O7S/c26-17-7-9-18(10-8-17)38(34,35)24(28-23(32)21-6-3-15-36-21)25(33)30-13-11-29(12-14-30)22(31)16-37-20-5-2-1-4-19(20)27/h1-10,15,24H,11-14,16H2,(H,28,32)/t24-/m0/s1. The van der Waals surface area contributed by atoms with E-state index >= 15 is 0 Å². The van der Waals surface area contributed by atoms with Crippen molar-refractivity contribution in [2.75, 3.05) is 32.8 Å². The number of piperazine rings is 1. The Kier molecular flexibility index (Phi) is 8.05. The van der Waals surface area contributed by atoms with Crippen LogP contribution >= 0.6 is 0 Å². The molecule has 13 heteroatoms. The van der Waals surface area contributed by atoms with Crippen LogP contribution in [-0.4, -0.2) is 74.1 Å². The van der Waals surface area contributed by atoms with E-state index < -0.39 is 51.2 Å². The second-order valence-corrected chi connectivity index (χ2v) is 10.3. The van der Waals surface area contributed by atoms with Gasteiger partial charge < -0.3 is 24.3 Å². The molecule has 0 radical (unpaired) electrons. The minimum Gasteiger partial charge on any atom is -0.481 e. The Morgan fingerprint density at radius 1 is 0.921 bits per heavy atom. The molecule has 3 amide bonds. The SMILES string of the molecule is O=C(N[C@H](C(=O)N1CCN(C(=O)COc2ccccc2F)CC1)S(=O)(=O)c1ccc(F)cc1)c1ccco1. The van der Waals surface area contributed by atoms with Crippen molar-refractivity contribution in [2.45, 2.75) is 10.3 Å². The van der Waals surface area contributed by atoms with E-state index in [1.807, 2.05) is 0 Å². The molecule has 1 aliphatic heterocycles. The van der Waals surface area contributed by atoms with Crippen molar-refractivity contribution in [3.8, 4) is 5.75 Å². The van der Waals surface area contributed by atoms with E-state index in [2.05, 4.69) is 5.32 Å². The molecule has 0 spiro atoms. The fourth-order valence-corrected chi connectivity index (χ4v) is 5.23. The molecule has 0 unspecified atom stereocenters. The van der Waals surface area contributed by atoms with E-state index in [9.17, 15) is 31.6 Å². The smallest absolute Gasteiger partial charge is 0.288 e. The van der Waals surface area contributed by atoms with Gasteiger partial charge in [0.15, 0.2) is 23.9 Å². The summed E-state index contributed by atoms with van der Waals surface area (Å²) in [5, 5.41) is 0.176. The van der Waals surface area contributed by atoms with Gasteiger partial charge in [0.1, 0.15) is 5.82 Å². The Morgan fingerprint density at radius 2 is 1.58 bits per heavy atom. The number of sulfone groups is 1. The van der Waals surface area contributed by atoms with Gasteiger partial charge in [-0.15, -0.1) is 0 Å². The van der Waals surface area contributed by atoms with Crippen molar-refractivity contribution >= 4 is 27.6 Å². The third-order valence-electron chi connectivity index (χ3n) is 5.82. The Labute approximate surface area is 216 Å². The van der Waals surface area contributed by atoms with Gasteiger partial charge in [-0.2, -0.15) is 0 Å². The Hall–Kier alpha value is -4.26. The quantitative estimate of drug-likeness (QED) is 0.427. The molecule has 38 heavy (non-hydrogen) atoms. The van der Waals surface area contributed by atoms with Crippen molar-refractivity contribution in [3.05, 3.63) is 84.3 Å². The molecule has 3 aromatic rings. The number of halogens is 2. The van der Waals surface area contributed by atoms with Crippen molar-refractivity contribution < 1.29 is 40.7 Å². The van der Waals surface area contributed by atoms with Crippen LogP contribution in [0.4, 0.5) is 8.78 Å². The van der Waals surface area contributed by atoms with Gasteiger partial charge >= 0.3 is 0 Å². The summed E-state index contributed by atoms with van der Waals surface area (Å²) < 4.78 is 64.0. The van der Waals surface area contributed by atoms with Crippen LogP contribution < -0.4 is 10.1 Å². The maximum atomic E-state index is 13.7. The molecular formula is C25H23F2N3O7S. The summed E-state index contributed by atoms with van der Waals surface area (Å²) in [6.07, 6.45) is 1.21. The van der Waals surface area contributed by atoms with Crippen LogP contribution in [0.25, 0.3) is 0 Å². The molecule has 1 N–H and O–H groups in total. The molecule has 0 bridgehead atoms. The highest BCUT2D eigenvalue weighted by Crippen LogP contribution is 2.19. The molecule has 2 aromatic carbocycles. The molecule has 1 saturated heterocycles. The van der Waals surface area contributed by atoms with E-state index in [0.717, 1.165) is 24.3 Å². The van der Waals surface area contributed by atoms with Gasteiger partial charge in [0.2, 0.25) is 15.2 Å². The number of nitrogens with one attached hydrogen (secondary N) is 1. The fraction of sp³-hybridized carbons (Fsp3) is 0.240. The number of carbonyl (C=O) groups excluding carboxylic acids is 3. The molecule has 1 fully saturated rings. The molecule has 1 atom stereocenters. The zero-order chi connectivity index (χ0) is 27.3. The van der Waals surface area contributed by atoms with Gasteiger partial charge in [-0.1, -0.05) is 12.1 Å². The van der Waals surface area contributed by atoms with E-state index in [4.69, 9.17) is 9.15 Å². The number of ether oxygens (including phenoxy) is 1. The summed E-state index contributed by atoms with van der Waals surface area (Å²) in [5.74, 6) is -3.87. The second kappa shape index (κ2) is 11.4. The van der Waals surface area contributed by atoms with Crippen LogP contribution in [0.1, 0.15) is 10.6 Å². The fourth-order valence-electron chi connectivity index (χ4n) is 3.76. The Balaban J connectivity index is 1.45. The lowest BCUT2D eigenvalue weighted by Gasteiger charge is -2.36. The van der Waals surface area contributed by atoms with Gasteiger partial charge in [0, 0.05) is 26.2 Å². The van der Waals surface area contributed by atoms with Crippen molar-refractivity contribution in [1.82, 2.24) is 15.1 Å². The lowest BCUT2D eigenvalue weighted by atomic mass is 10.3.